The molecule has 0 bridgehead atoms. The lowest BCUT2D eigenvalue weighted by atomic mass is 10.0. The zero-order valence-electron chi connectivity index (χ0n) is 17.2. The Morgan fingerprint density at radius 3 is 2.64 bits per heavy atom. The van der Waals surface area contributed by atoms with Crippen LogP contribution < -0.4 is 21.0 Å². The standard InChI is InChI=1S/C23H19ClFN5O2S/c1-14(16-3-2-8-27-11-16)9-18-20(10-26)29-23-22(18)21(19(25)12-28-23)15-4-6-17(7-5-15)30-33(31,32)13-24/h2-12,30H,1,13,26H2,(H,28,29)/b18-9+,20-10+. The molecule has 33 heavy (non-hydrogen) atoms. The fourth-order valence-corrected chi connectivity index (χ4v) is 4.17. The zero-order valence-corrected chi connectivity index (χ0v) is 18.8. The van der Waals surface area contributed by atoms with Gasteiger partial charge in [-0.1, -0.05) is 24.8 Å². The maximum Gasteiger partial charge on any atom is 0.246 e. The van der Waals surface area contributed by atoms with Gasteiger partial charge in [-0.05, 0) is 41.0 Å². The Morgan fingerprint density at radius 2 is 2.00 bits per heavy atom. The van der Waals surface area contributed by atoms with Gasteiger partial charge < -0.3 is 10.7 Å². The monoisotopic (exact) mass is 483 g/mol. The number of anilines is 1. The molecule has 3 heterocycles. The Balaban J connectivity index is 1.92. The van der Waals surface area contributed by atoms with Crippen molar-refractivity contribution < 1.29 is 12.8 Å². The van der Waals surface area contributed by atoms with Crippen LogP contribution in [0.5, 0.6) is 0 Å². The quantitative estimate of drug-likeness (QED) is 0.365. The number of sulfonamides is 1. The van der Waals surface area contributed by atoms with Crippen LogP contribution in [0.1, 0.15) is 5.56 Å². The summed E-state index contributed by atoms with van der Waals surface area (Å²) in [6.45, 7) is 4.11. The number of hydrogen-bond donors (Lipinski definition) is 3. The predicted octanol–water partition coefficient (Wildman–Crippen LogP) is 2.89. The second-order valence-electron chi connectivity index (χ2n) is 7.14. The van der Waals surface area contributed by atoms with Crippen molar-refractivity contribution in [2.45, 2.75) is 0 Å². The van der Waals surface area contributed by atoms with Crippen LogP contribution in [0.3, 0.4) is 0 Å². The Labute approximate surface area is 194 Å². The highest BCUT2D eigenvalue weighted by Crippen LogP contribution is 2.29. The number of nitrogens with zero attached hydrogens (tertiary/aromatic N) is 2. The van der Waals surface area contributed by atoms with Gasteiger partial charge in [0.05, 0.1) is 11.5 Å². The highest BCUT2D eigenvalue weighted by Gasteiger charge is 2.16. The molecule has 0 unspecified atom stereocenters. The number of alkyl halides is 1. The first kappa shape index (κ1) is 22.5. The minimum atomic E-state index is -3.65. The number of nitrogens with two attached hydrogens (primary N) is 1. The number of rotatable bonds is 6. The number of hydrogen-bond acceptors (Lipinski definition) is 5. The van der Waals surface area contributed by atoms with E-state index in [4.69, 9.17) is 17.3 Å². The molecule has 0 fully saturated rings. The van der Waals surface area contributed by atoms with Gasteiger partial charge in [0.15, 0.2) is 0 Å². The van der Waals surface area contributed by atoms with Gasteiger partial charge in [0.2, 0.25) is 10.0 Å². The van der Waals surface area contributed by atoms with E-state index >= 15 is 4.39 Å². The van der Waals surface area contributed by atoms with E-state index in [2.05, 4.69) is 26.3 Å². The molecular weight excluding hydrogens is 465 g/mol. The van der Waals surface area contributed by atoms with Crippen molar-refractivity contribution in [1.29, 1.82) is 0 Å². The molecule has 0 saturated carbocycles. The Hall–Kier alpha value is -3.69. The van der Waals surface area contributed by atoms with Crippen LogP contribution in [0.2, 0.25) is 0 Å². The number of allylic oxidation sites excluding steroid dienone is 1. The number of fused-ring (bicyclic) bond motifs is 1. The van der Waals surface area contributed by atoms with E-state index in [0.29, 0.717) is 44.0 Å². The lowest BCUT2D eigenvalue weighted by Gasteiger charge is -2.09. The summed E-state index contributed by atoms with van der Waals surface area (Å²) < 4.78 is 40.9. The van der Waals surface area contributed by atoms with Crippen molar-refractivity contribution in [2.24, 2.45) is 5.73 Å². The zero-order chi connectivity index (χ0) is 23.6. The van der Waals surface area contributed by atoms with Crippen molar-refractivity contribution in [1.82, 2.24) is 15.0 Å². The lowest BCUT2D eigenvalue weighted by molar-refractivity contribution is 0.605. The van der Waals surface area contributed by atoms with Gasteiger partial charge in [-0.25, -0.2) is 17.8 Å². The van der Waals surface area contributed by atoms with E-state index in [1.54, 1.807) is 36.7 Å². The number of pyridine rings is 2. The van der Waals surface area contributed by atoms with E-state index < -0.39 is 21.1 Å². The third-order valence-electron chi connectivity index (χ3n) is 4.95. The van der Waals surface area contributed by atoms with E-state index in [9.17, 15) is 8.42 Å². The van der Waals surface area contributed by atoms with Crippen LogP contribution in [0.25, 0.3) is 40.0 Å². The molecule has 4 N–H and O–H groups in total. The molecule has 7 nitrogen and oxygen atoms in total. The average molecular weight is 484 g/mol. The Morgan fingerprint density at radius 1 is 1.24 bits per heavy atom. The van der Waals surface area contributed by atoms with E-state index in [0.717, 1.165) is 11.8 Å². The van der Waals surface area contributed by atoms with Crippen LogP contribution in [0.4, 0.5) is 10.1 Å². The first-order valence-corrected chi connectivity index (χ1v) is 11.9. The summed E-state index contributed by atoms with van der Waals surface area (Å²) in [6.07, 6.45) is 7.64. The Kier molecular flexibility index (Phi) is 6.17. The van der Waals surface area contributed by atoms with Crippen LogP contribution >= 0.6 is 11.6 Å². The van der Waals surface area contributed by atoms with Crippen LogP contribution in [-0.2, 0) is 10.0 Å². The predicted molar refractivity (Wildman–Crippen MR) is 130 cm³/mol. The van der Waals surface area contributed by atoms with Crippen molar-refractivity contribution in [3.63, 3.8) is 0 Å². The van der Waals surface area contributed by atoms with Crippen molar-refractivity contribution >= 4 is 56.2 Å². The molecule has 1 aromatic carbocycles. The summed E-state index contributed by atoms with van der Waals surface area (Å²) in [6, 6.07) is 9.96. The van der Waals surface area contributed by atoms with E-state index in [1.165, 1.54) is 18.3 Å². The molecule has 0 radical (unpaired) electrons. The molecule has 3 aromatic heterocycles. The largest absolute Gasteiger partial charge is 0.403 e. The first-order chi connectivity index (χ1) is 15.8. The first-order valence-electron chi connectivity index (χ1n) is 9.69. The highest BCUT2D eigenvalue weighted by molar-refractivity contribution is 7.93. The average Bonchev–Trinajstić information content (AvgIpc) is 3.17. The minimum absolute atomic E-state index is 0.293. The molecule has 0 amide bonds. The molecule has 0 aliphatic rings. The highest BCUT2D eigenvalue weighted by atomic mass is 35.5. The summed E-state index contributed by atoms with van der Waals surface area (Å²) in [5, 5.41) is 1.12. The van der Waals surface area contributed by atoms with Crippen LogP contribution in [0.15, 0.2) is 61.6 Å². The molecule has 168 valence electrons. The van der Waals surface area contributed by atoms with Gasteiger partial charge in [-0.3, -0.25) is 9.71 Å². The summed E-state index contributed by atoms with van der Waals surface area (Å²) in [5.41, 5.74) is 8.87. The second kappa shape index (κ2) is 9.05. The SMILES string of the molecule is C=C(/C=c1\c(=C/N)[nH]c2ncc(F)c(-c3ccc(NS(=O)(=O)CCl)cc3)c12)c1cccnc1. The summed E-state index contributed by atoms with van der Waals surface area (Å²) in [5.74, 6) is -0.541. The van der Waals surface area contributed by atoms with E-state index in [1.807, 2.05) is 6.07 Å². The Bertz CT molecular complexity index is 1570. The van der Waals surface area contributed by atoms with Gasteiger partial charge in [-0.2, -0.15) is 0 Å². The summed E-state index contributed by atoms with van der Waals surface area (Å²) in [4.78, 5) is 11.4. The normalized spacial score (nSPS) is 12.9. The second-order valence-corrected chi connectivity index (χ2v) is 9.44. The van der Waals surface area contributed by atoms with E-state index in [-0.39, 0.29) is 0 Å². The molecule has 0 aliphatic heterocycles. The van der Waals surface area contributed by atoms with Gasteiger partial charge in [0.1, 0.15) is 16.7 Å². The fourth-order valence-electron chi connectivity index (χ4n) is 3.46. The van der Waals surface area contributed by atoms with Gasteiger partial charge >= 0.3 is 0 Å². The van der Waals surface area contributed by atoms with Crippen molar-refractivity contribution in [3.05, 3.63) is 83.5 Å². The van der Waals surface area contributed by atoms with Crippen molar-refractivity contribution in [2.75, 3.05) is 9.93 Å². The van der Waals surface area contributed by atoms with Gasteiger partial charge in [0, 0.05) is 40.4 Å². The fraction of sp³-hybridized carbons (Fsp3) is 0.0435. The number of aromatic amines is 1. The number of halogens is 2. The smallest absolute Gasteiger partial charge is 0.246 e. The number of benzene rings is 1. The summed E-state index contributed by atoms with van der Waals surface area (Å²) in [7, 11) is -3.65. The molecule has 4 aromatic rings. The van der Waals surface area contributed by atoms with Gasteiger partial charge in [0.25, 0.3) is 0 Å². The molecular formula is C23H19ClFN5O2S. The molecule has 0 aliphatic carbocycles. The van der Waals surface area contributed by atoms with Crippen molar-refractivity contribution in [3.8, 4) is 11.1 Å². The maximum absolute atomic E-state index is 15.1. The summed E-state index contributed by atoms with van der Waals surface area (Å²) >= 11 is 5.44. The molecule has 0 atom stereocenters. The number of H-pyrrole nitrogens is 1. The molecule has 0 spiro atoms. The number of aromatic nitrogens is 3. The maximum atomic E-state index is 15.1. The topological polar surface area (TPSA) is 114 Å². The van der Waals surface area contributed by atoms with Gasteiger partial charge in [-0.15, -0.1) is 11.6 Å². The lowest BCUT2D eigenvalue weighted by Crippen LogP contribution is -2.24. The third kappa shape index (κ3) is 4.59. The van der Waals surface area contributed by atoms with Crippen LogP contribution in [0, 0.1) is 5.82 Å². The molecule has 4 rings (SSSR count). The minimum Gasteiger partial charge on any atom is -0.403 e. The number of nitrogens with one attached hydrogen (secondary N) is 2. The third-order valence-corrected chi connectivity index (χ3v) is 6.65. The molecule has 0 saturated heterocycles. The molecule has 10 heteroatoms. The van der Waals surface area contributed by atoms with Crippen LogP contribution in [-0.4, -0.2) is 28.6 Å².